The van der Waals surface area contributed by atoms with Crippen LogP contribution in [0.5, 0.6) is 6.01 Å². The molecule has 2 N–H and O–H groups in total. The molecular formula is C19H16F3N7O2. The summed E-state index contributed by atoms with van der Waals surface area (Å²) in [4.78, 5) is 27.5. The number of aryl methyl sites for hydroxylation is 2. The second kappa shape index (κ2) is 7.70. The van der Waals surface area contributed by atoms with E-state index in [1.807, 2.05) is 0 Å². The average Bonchev–Trinajstić information content (AvgIpc) is 3.28. The van der Waals surface area contributed by atoms with Crippen molar-refractivity contribution in [2.45, 2.75) is 13.1 Å². The van der Waals surface area contributed by atoms with E-state index in [4.69, 9.17) is 0 Å². The number of alkyl halides is 3. The minimum atomic E-state index is -4.48. The number of rotatable bonds is 5. The lowest BCUT2D eigenvalue weighted by molar-refractivity contribution is -0.154. The number of hydrogen-bond donors (Lipinski definition) is 2. The van der Waals surface area contributed by atoms with Crippen molar-refractivity contribution < 1.29 is 22.7 Å². The molecule has 0 aromatic carbocycles. The highest BCUT2D eigenvalue weighted by atomic mass is 19.4. The Balaban J connectivity index is 1.55. The van der Waals surface area contributed by atoms with Crippen molar-refractivity contribution in [3.63, 3.8) is 0 Å². The summed E-state index contributed by atoms with van der Waals surface area (Å²) in [5.74, 6) is -0.0162. The van der Waals surface area contributed by atoms with Crippen LogP contribution in [0.15, 0.2) is 36.8 Å². The number of carbonyl (C=O) groups is 1. The smallest absolute Gasteiger partial charge is 0.422 e. The molecule has 0 radical (unpaired) electrons. The second-order valence-corrected chi connectivity index (χ2v) is 6.72. The second-order valence-electron chi connectivity index (χ2n) is 6.72. The minimum absolute atomic E-state index is 0.325. The number of H-pyrrole nitrogens is 1. The van der Waals surface area contributed by atoms with Crippen LogP contribution in [-0.4, -0.2) is 48.4 Å². The van der Waals surface area contributed by atoms with Gasteiger partial charge in [0.15, 0.2) is 6.61 Å². The summed E-state index contributed by atoms with van der Waals surface area (Å²) in [7, 11) is 1.72. The molecule has 160 valence electrons. The zero-order chi connectivity index (χ0) is 22.2. The Hall–Kier alpha value is -3.96. The van der Waals surface area contributed by atoms with Gasteiger partial charge in [0.2, 0.25) is 0 Å². The summed E-state index contributed by atoms with van der Waals surface area (Å²) in [5, 5.41) is 7.58. The van der Waals surface area contributed by atoms with Crippen LogP contribution in [0, 0.1) is 6.92 Å². The van der Waals surface area contributed by atoms with Gasteiger partial charge < -0.3 is 15.0 Å². The fourth-order valence-corrected chi connectivity index (χ4v) is 2.95. The van der Waals surface area contributed by atoms with Crippen LogP contribution in [-0.2, 0) is 7.05 Å². The average molecular weight is 431 g/mol. The van der Waals surface area contributed by atoms with E-state index < -0.39 is 12.8 Å². The lowest BCUT2D eigenvalue weighted by Gasteiger charge is -2.07. The Morgan fingerprint density at radius 3 is 2.81 bits per heavy atom. The maximum absolute atomic E-state index is 12.5. The Bertz CT molecular complexity index is 1260. The molecule has 0 saturated carbocycles. The maximum Gasteiger partial charge on any atom is 0.422 e. The lowest BCUT2D eigenvalue weighted by Crippen LogP contribution is -2.20. The Morgan fingerprint density at radius 2 is 2.10 bits per heavy atom. The SMILES string of the molecule is Cc1nn(C)cc1C(=O)Nc1cc2[nH]c(-c3ccnc(OCC(F)(F)F)n3)cc2cn1. The first kappa shape index (κ1) is 20.3. The first-order valence-corrected chi connectivity index (χ1v) is 9.01. The van der Waals surface area contributed by atoms with Crippen LogP contribution < -0.4 is 10.1 Å². The maximum atomic E-state index is 12.5. The molecule has 0 spiro atoms. The summed E-state index contributed by atoms with van der Waals surface area (Å²) >= 11 is 0. The molecule has 9 nitrogen and oxygen atoms in total. The van der Waals surface area contributed by atoms with Gasteiger partial charge >= 0.3 is 12.2 Å². The van der Waals surface area contributed by atoms with Crippen molar-refractivity contribution in [3.8, 4) is 17.4 Å². The van der Waals surface area contributed by atoms with Gasteiger partial charge in [-0.3, -0.25) is 9.48 Å². The summed E-state index contributed by atoms with van der Waals surface area (Å²) < 4.78 is 43.2. The monoisotopic (exact) mass is 431 g/mol. The molecule has 0 atom stereocenters. The van der Waals surface area contributed by atoms with Gasteiger partial charge in [-0.1, -0.05) is 0 Å². The van der Waals surface area contributed by atoms with Crippen LogP contribution in [0.25, 0.3) is 22.3 Å². The first-order chi connectivity index (χ1) is 14.7. The van der Waals surface area contributed by atoms with E-state index in [9.17, 15) is 18.0 Å². The summed E-state index contributed by atoms with van der Waals surface area (Å²) in [5.41, 5.74) is 2.56. The molecule has 0 aliphatic heterocycles. The van der Waals surface area contributed by atoms with Gasteiger partial charge in [-0.15, -0.1) is 0 Å². The van der Waals surface area contributed by atoms with Gasteiger partial charge in [0.05, 0.1) is 28.2 Å². The molecule has 0 saturated heterocycles. The van der Waals surface area contributed by atoms with Crippen LogP contribution in [0.2, 0.25) is 0 Å². The Morgan fingerprint density at radius 1 is 1.29 bits per heavy atom. The number of halogens is 3. The number of nitrogens with zero attached hydrogens (tertiary/aromatic N) is 5. The van der Waals surface area contributed by atoms with E-state index in [0.717, 1.165) is 5.39 Å². The van der Waals surface area contributed by atoms with Crippen molar-refractivity contribution >= 4 is 22.6 Å². The molecule has 1 amide bonds. The van der Waals surface area contributed by atoms with Crippen molar-refractivity contribution in [1.82, 2.24) is 29.7 Å². The number of carbonyl (C=O) groups excluding carboxylic acids is 1. The molecule has 0 fully saturated rings. The molecule has 0 bridgehead atoms. The van der Waals surface area contributed by atoms with Crippen LogP contribution in [0.3, 0.4) is 0 Å². The molecule has 4 rings (SSSR count). The van der Waals surface area contributed by atoms with Crippen molar-refractivity contribution in [2.75, 3.05) is 11.9 Å². The number of anilines is 1. The van der Waals surface area contributed by atoms with Gasteiger partial charge in [-0.25, -0.2) is 9.97 Å². The molecule has 12 heteroatoms. The van der Waals surface area contributed by atoms with E-state index in [2.05, 4.69) is 35.1 Å². The molecule has 31 heavy (non-hydrogen) atoms. The highest BCUT2D eigenvalue weighted by Gasteiger charge is 2.29. The fraction of sp³-hybridized carbons (Fsp3) is 0.211. The number of aromatic amines is 1. The van der Waals surface area contributed by atoms with Gasteiger partial charge in [-0.2, -0.15) is 23.3 Å². The topological polar surface area (TPSA) is 111 Å². The minimum Gasteiger partial charge on any atom is -0.454 e. The molecule has 4 aromatic heterocycles. The number of hydrogen-bond acceptors (Lipinski definition) is 6. The zero-order valence-corrected chi connectivity index (χ0v) is 16.4. The van der Waals surface area contributed by atoms with E-state index in [0.29, 0.717) is 34.0 Å². The Kier molecular flexibility index (Phi) is 5.05. The summed E-state index contributed by atoms with van der Waals surface area (Å²) in [6.07, 6.45) is -0.00614. The number of fused-ring (bicyclic) bond motifs is 1. The van der Waals surface area contributed by atoms with Gasteiger partial charge in [0.25, 0.3) is 5.91 Å². The first-order valence-electron chi connectivity index (χ1n) is 9.01. The van der Waals surface area contributed by atoms with Crippen LogP contribution in [0.1, 0.15) is 16.1 Å². The third-order valence-electron chi connectivity index (χ3n) is 4.28. The summed E-state index contributed by atoms with van der Waals surface area (Å²) in [6, 6.07) is 4.53. The zero-order valence-electron chi connectivity index (χ0n) is 16.4. The molecule has 0 aliphatic rings. The fourth-order valence-electron chi connectivity index (χ4n) is 2.95. The van der Waals surface area contributed by atoms with Crippen molar-refractivity contribution in [1.29, 1.82) is 0 Å². The van der Waals surface area contributed by atoms with E-state index in [-0.39, 0.29) is 11.9 Å². The van der Waals surface area contributed by atoms with Gasteiger partial charge in [-0.05, 0) is 19.1 Å². The molecule has 4 heterocycles. The van der Waals surface area contributed by atoms with Crippen molar-refractivity contribution in [2.24, 2.45) is 7.05 Å². The largest absolute Gasteiger partial charge is 0.454 e. The van der Waals surface area contributed by atoms with E-state index in [1.54, 1.807) is 43.2 Å². The van der Waals surface area contributed by atoms with Crippen LogP contribution >= 0.6 is 0 Å². The van der Waals surface area contributed by atoms with Crippen LogP contribution in [0.4, 0.5) is 19.0 Å². The molecular weight excluding hydrogens is 415 g/mol. The number of pyridine rings is 1. The highest BCUT2D eigenvalue weighted by molar-refractivity contribution is 6.05. The highest BCUT2D eigenvalue weighted by Crippen LogP contribution is 2.25. The lowest BCUT2D eigenvalue weighted by atomic mass is 10.2. The summed E-state index contributed by atoms with van der Waals surface area (Å²) in [6.45, 7) is 0.254. The number of ether oxygens (including phenoxy) is 1. The predicted molar refractivity (Wildman–Crippen MR) is 105 cm³/mol. The van der Waals surface area contributed by atoms with E-state index in [1.165, 1.54) is 12.3 Å². The predicted octanol–water partition coefficient (Wildman–Crippen LogP) is 3.26. The van der Waals surface area contributed by atoms with Gasteiger partial charge in [0.1, 0.15) is 5.82 Å². The number of aromatic nitrogens is 6. The Labute approximate surface area is 173 Å². The quantitative estimate of drug-likeness (QED) is 0.502. The third kappa shape index (κ3) is 4.63. The molecule has 0 unspecified atom stereocenters. The number of nitrogens with one attached hydrogen (secondary N) is 2. The molecule has 0 aliphatic carbocycles. The third-order valence-corrected chi connectivity index (χ3v) is 4.28. The van der Waals surface area contributed by atoms with Crippen molar-refractivity contribution in [3.05, 3.63) is 48.0 Å². The normalized spacial score (nSPS) is 11.6. The van der Waals surface area contributed by atoms with E-state index >= 15 is 0 Å². The number of amides is 1. The molecule has 4 aromatic rings. The standard InChI is InChI=1S/C19H16F3N7O2/c1-10-12(8-29(2)28-10)17(30)27-16-6-14-11(7-24-16)5-15(25-14)13-3-4-23-18(26-13)31-9-19(20,21)22/h3-8,25H,9H2,1-2H3,(H,24,27,30). The van der Waals surface area contributed by atoms with Gasteiger partial charge in [0, 0.05) is 37.1 Å².